The van der Waals surface area contributed by atoms with Gasteiger partial charge in [0.15, 0.2) is 5.78 Å². The Kier molecular flexibility index (Phi) is 4.48. The molecule has 4 N–H and O–H groups in total. The van der Waals surface area contributed by atoms with E-state index in [1.165, 1.54) is 0 Å². The molecule has 146 valence electrons. The van der Waals surface area contributed by atoms with Gasteiger partial charge in [0.05, 0.1) is 16.8 Å². The molecule has 6 nitrogen and oxygen atoms in total. The van der Waals surface area contributed by atoms with Crippen LogP contribution >= 0.6 is 0 Å². The van der Waals surface area contributed by atoms with Crippen LogP contribution in [0.25, 0.3) is 22.1 Å². The van der Waals surface area contributed by atoms with Crippen LogP contribution in [0.3, 0.4) is 0 Å². The van der Waals surface area contributed by atoms with Crippen molar-refractivity contribution in [2.75, 3.05) is 6.54 Å². The molecule has 0 atom stereocenters. The lowest BCUT2D eigenvalue weighted by Gasteiger charge is -2.02. The molecular weight excluding hydrogens is 362 g/mol. The highest BCUT2D eigenvalue weighted by Gasteiger charge is 2.18. The van der Waals surface area contributed by atoms with E-state index in [4.69, 9.17) is 15.7 Å². The van der Waals surface area contributed by atoms with Crippen molar-refractivity contribution in [3.05, 3.63) is 70.8 Å². The van der Waals surface area contributed by atoms with Gasteiger partial charge in [-0.05, 0) is 74.7 Å². The van der Waals surface area contributed by atoms with Gasteiger partial charge < -0.3 is 15.7 Å². The molecule has 3 aromatic rings. The molecule has 0 unspecified atom stereocenters. The zero-order chi connectivity index (χ0) is 19.8. The second-order valence-electron chi connectivity index (χ2n) is 7.61. The minimum Gasteiger partial charge on any atom is -0.355 e. The van der Waals surface area contributed by atoms with Crippen molar-refractivity contribution >= 4 is 27.9 Å². The second-order valence-corrected chi connectivity index (χ2v) is 7.61. The third kappa shape index (κ3) is 3.59. The topological polar surface area (TPSA) is 100 Å². The Morgan fingerprint density at radius 1 is 0.828 bits per heavy atom. The highest BCUT2D eigenvalue weighted by atomic mass is 16.1. The molecule has 0 radical (unpaired) electrons. The third-order valence-corrected chi connectivity index (χ3v) is 5.44. The predicted octanol–water partition coefficient (Wildman–Crippen LogP) is 3.42. The number of carbonyl (C=O) groups excluding carboxylic acids is 1. The number of fused-ring (bicyclic) bond motifs is 8. The molecular formula is C23H23N5O. The SMILES string of the molecule is NCCC(=O)c1c2nc(cc3ccc(cc4nc(cc5ccc1[nH]5)CC4)[nH]3)CC2. The van der Waals surface area contributed by atoms with Gasteiger partial charge in [-0.25, -0.2) is 0 Å². The first-order chi connectivity index (χ1) is 14.2. The standard InChI is InChI=1S/C23H23N5O/c24-10-9-22(29)23-20-7-5-18(27-20)12-16-3-1-14(25-16)11-15-2-4-17(26-15)13-19-6-8-21(23)28-19/h1,3,6,8,11-13,25,28H,2,4-5,7,9-10,24H2. The number of nitrogens with one attached hydrogen (secondary N) is 2. The first-order valence-electron chi connectivity index (χ1n) is 10.1. The number of nitrogens with two attached hydrogens (primary N) is 1. The maximum Gasteiger partial charge on any atom is 0.168 e. The monoisotopic (exact) mass is 385 g/mol. The molecule has 5 heterocycles. The van der Waals surface area contributed by atoms with Crippen LogP contribution in [-0.2, 0) is 25.7 Å². The van der Waals surface area contributed by atoms with E-state index in [1.54, 1.807) is 0 Å². The van der Waals surface area contributed by atoms with Crippen LogP contribution in [0.2, 0.25) is 0 Å². The fraction of sp³-hybridized carbons (Fsp3) is 0.261. The summed E-state index contributed by atoms with van der Waals surface area (Å²) in [4.78, 5) is 29.2. The molecule has 2 aliphatic rings. The Morgan fingerprint density at radius 2 is 1.41 bits per heavy atom. The largest absolute Gasteiger partial charge is 0.355 e. The maximum atomic E-state index is 12.9. The molecule has 6 heteroatoms. The molecule has 29 heavy (non-hydrogen) atoms. The average molecular weight is 385 g/mol. The summed E-state index contributed by atoms with van der Waals surface area (Å²) in [5.74, 6) is 0.0348. The number of aromatic amines is 2. The molecule has 0 spiro atoms. The Labute approximate surface area is 168 Å². The number of H-pyrrole nitrogens is 2. The maximum absolute atomic E-state index is 12.9. The van der Waals surface area contributed by atoms with Gasteiger partial charge in [-0.15, -0.1) is 0 Å². The molecule has 3 aromatic heterocycles. The van der Waals surface area contributed by atoms with E-state index in [0.717, 1.165) is 70.5 Å². The minimum absolute atomic E-state index is 0.0348. The summed E-state index contributed by atoms with van der Waals surface area (Å²) in [6, 6.07) is 14.3. The highest BCUT2D eigenvalue weighted by Crippen LogP contribution is 2.21. The minimum atomic E-state index is 0.0348. The number of hydrogen-bond donors (Lipinski definition) is 3. The lowest BCUT2D eigenvalue weighted by Crippen LogP contribution is -2.10. The van der Waals surface area contributed by atoms with E-state index >= 15 is 0 Å². The van der Waals surface area contributed by atoms with Crippen molar-refractivity contribution in [3.63, 3.8) is 0 Å². The summed E-state index contributed by atoms with van der Waals surface area (Å²) in [7, 11) is 0. The molecule has 0 aliphatic carbocycles. The van der Waals surface area contributed by atoms with E-state index < -0.39 is 0 Å². The fourth-order valence-electron chi connectivity index (χ4n) is 4.08. The number of Topliss-reactive ketones (excluding diaryl/α,β-unsaturated/α-hetero) is 1. The molecule has 0 aromatic carbocycles. The number of ketones is 1. The Hall–Kier alpha value is -3.25. The molecule has 0 amide bonds. The van der Waals surface area contributed by atoms with Crippen LogP contribution in [0.5, 0.6) is 0 Å². The van der Waals surface area contributed by atoms with Crippen LogP contribution in [0.15, 0.2) is 42.5 Å². The summed E-state index contributed by atoms with van der Waals surface area (Å²) in [6.45, 7) is 0.329. The zero-order valence-corrected chi connectivity index (χ0v) is 16.2. The van der Waals surface area contributed by atoms with Crippen LogP contribution < -0.4 is 5.73 Å². The highest BCUT2D eigenvalue weighted by molar-refractivity contribution is 6.03. The van der Waals surface area contributed by atoms with Gasteiger partial charge in [0.1, 0.15) is 0 Å². The van der Waals surface area contributed by atoms with Crippen LogP contribution in [0.1, 0.15) is 39.6 Å². The van der Waals surface area contributed by atoms with Gasteiger partial charge in [0.2, 0.25) is 0 Å². The van der Waals surface area contributed by atoms with Crippen molar-refractivity contribution in [1.82, 2.24) is 19.9 Å². The van der Waals surface area contributed by atoms with Crippen molar-refractivity contribution in [1.29, 1.82) is 0 Å². The van der Waals surface area contributed by atoms with E-state index in [9.17, 15) is 4.79 Å². The van der Waals surface area contributed by atoms with Gasteiger partial charge >= 0.3 is 0 Å². The van der Waals surface area contributed by atoms with Gasteiger partial charge in [0.25, 0.3) is 0 Å². The number of aryl methyl sites for hydroxylation is 4. The van der Waals surface area contributed by atoms with Gasteiger partial charge in [-0.2, -0.15) is 0 Å². The van der Waals surface area contributed by atoms with E-state index in [0.29, 0.717) is 18.5 Å². The molecule has 2 aliphatic heterocycles. The number of rotatable bonds is 3. The van der Waals surface area contributed by atoms with Crippen molar-refractivity contribution in [2.45, 2.75) is 32.1 Å². The van der Waals surface area contributed by atoms with Gasteiger partial charge in [-0.1, -0.05) is 0 Å². The molecule has 0 saturated carbocycles. The first-order valence-corrected chi connectivity index (χ1v) is 10.1. The second kappa shape index (κ2) is 7.29. The quantitative estimate of drug-likeness (QED) is 0.602. The molecule has 0 fully saturated rings. The summed E-state index contributed by atoms with van der Waals surface area (Å²) >= 11 is 0. The third-order valence-electron chi connectivity index (χ3n) is 5.44. The smallest absolute Gasteiger partial charge is 0.168 e. The summed E-state index contributed by atoms with van der Waals surface area (Å²) < 4.78 is 0. The van der Waals surface area contributed by atoms with Crippen LogP contribution in [0, 0.1) is 0 Å². The number of nitrogens with zero attached hydrogens (tertiary/aromatic N) is 2. The van der Waals surface area contributed by atoms with E-state index in [-0.39, 0.29) is 5.78 Å². The number of hydrogen-bond acceptors (Lipinski definition) is 4. The average Bonchev–Trinajstić information content (AvgIpc) is 3.47. The number of aromatic nitrogens is 4. The molecule has 8 bridgehead atoms. The van der Waals surface area contributed by atoms with Gasteiger partial charge in [0, 0.05) is 40.1 Å². The van der Waals surface area contributed by atoms with E-state index in [1.807, 2.05) is 12.1 Å². The zero-order valence-electron chi connectivity index (χ0n) is 16.2. The molecule has 0 saturated heterocycles. The Balaban J connectivity index is 1.83. The van der Waals surface area contributed by atoms with Crippen molar-refractivity contribution < 1.29 is 4.79 Å². The lowest BCUT2D eigenvalue weighted by atomic mass is 10.0. The van der Waals surface area contributed by atoms with Crippen molar-refractivity contribution in [3.8, 4) is 0 Å². The summed E-state index contributed by atoms with van der Waals surface area (Å²) in [5, 5.41) is 0. The Morgan fingerprint density at radius 3 is 2.10 bits per heavy atom. The predicted molar refractivity (Wildman–Crippen MR) is 114 cm³/mol. The van der Waals surface area contributed by atoms with Crippen LogP contribution in [-0.4, -0.2) is 32.3 Å². The fourth-order valence-corrected chi connectivity index (χ4v) is 4.08. The summed E-state index contributed by atoms with van der Waals surface area (Å²) in [5.41, 5.74) is 14.1. The summed E-state index contributed by atoms with van der Waals surface area (Å²) in [6.07, 6.45) is 3.71. The Bertz CT molecular complexity index is 1250. The van der Waals surface area contributed by atoms with Gasteiger partial charge in [-0.3, -0.25) is 14.8 Å². The molecule has 5 rings (SSSR count). The number of carbonyl (C=O) groups is 1. The normalized spacial score (nSPS) is 13.6. The first kappa shape index (κ1) is 17.8. The lowest BCUT2D eigenvalue weighted by molar-refractivity contribution is 0.0986. The van der Waals surface area contributed by atoms with Crippen LogP contribution in [0.4, 0.5) is 0 Å². The van der Waals surface area contributed by atoms with E-state index in [2.05, 4.69) is 40.3 Å². The van der Waals surface area contributed by atoms with Crippen molar-refractivity contribution in [2.24, 2.45) is 5.73 Å².